The summed E-state index contributed by atoms with van der Waals surface area (Å²) in [7, 11) is 0. The molecule has 4 rings (SSSR count). The first-order valence-electron chi connectivity index (χ1n) is 11.5. The maximum atomic E-state index is 14.9. The van der Waals surface area contributed by atoms with E-state index in [0.29, 0.717) is 5.56 Å². The van der Waals surface area contributed by atoms with Crippen LogP contribution in [0.5, 0.6) is 0 Å². The van der Waals surface area contributed by atoms with Crippen molar-refractivity contribution >= 4 is 0 Å². The summed E-state index contributed by atoms with van der Waals surface area (Å²) in [5, 5.41) is 12.7. The lowest BCUT2D eigenvalue weighted by atomic mass is 9.93. The minimum Gasteiger partial charge on any atom is -0.298 e. The molecule has 2 aliphatic rings. The van der Waals surface area contributed by atoms with Crippen molar-refractivity contribution in [3.8, 4) is 0 Å². The topological polar surface area (TPSA) is 50.1 Å². The summed E-state index contributed by atoms with van der Waals surface area (Å²) in [6, 6.07) is 7.52. The molecule has 1 unspecified atom stereocenters. The quantitative estimate of drug-likeness (QED) is 0.715. The second kappa shape index (κ2) is 9.10. The predicted octanol–water partition coefficient (Wildman–Crippen LogP) is 4.00. The van der Waals surface area contributed by atoms with Crippen LogP contribution in [0.4, 0.5) is 4.39 Å². The number of rotatable bonds is 6. The van der Waals surface area contributed by atoms with Crippen LogP contribution in [0.2, 0.25) is 0 Å². The largest absolute Gasteiger partial charge is 0.298 e. The highest BCUT2D eigenvalue weighted by atomic mass is 19.1. The number of hydrogen-bond donors (Lipinski definition) is 0. The maximum Gasteiger partial charge on any atom is 0.173 e. The van der Waals surface area contributed by atoms with E-state index in [2.05, 4.69) is 46.1 Å². The van der Waals surface area contributed by atoms with E-state index >= 15 is 0 Å². The molecule has 30 heavy (non-hydrogen) atoms. The molecule has 0 N–H and O–H groups in total. The number of piperazine rings is 1. The van der Waals surface area contributed by atoms with Crippen LogP contribution >= 0.6 is 0 Å². The number of halogens is 1. The monoisotopic (exact) mass is 414 g/mol. The van der Waals surface area contributed by atoms with Crippen molar-refractivity contribution < 1.29 is 4.39 Å². The van der Waals surface area contributed by atoms with E-state index in [1.54, 1.807) is 12.1 Å². The predicted molar refractivity (Wildman–Crippen MR) is 116 cm³/mol. The highest BCUT2D eigenvalue weighted by molar-refractivity contribution is 5.27. The van der Waals surface area contributed by atoms with Crippen LogP contribution in [0.1, 0.15) is 76.7 Å². The zero-order valence-corrected chi connectivity index (χ0v) is 18.6. The molecule has 6 nitrogen and oxygen atoms in total. The smallest absolute Gasteiger partial charge is 0.173 e. The van der Waals surface area contributed by atoms with Crippen molar-refractivity contribution in [3.63, 3.8) is 0 Å². The van der Waals surface area contributed by atoms with E-state index in [-0.39, 0.29) is 17.4 Å². The highest BCUT2D eigenvalue weighted by Gasteiger charge is 2.36. The fourth-order valence-electron chi connectivity index (χ4n) is 4.95. The first-order valence-corrected chi connectivity index (χ1v) is 11.5. The molecule has 1 saturated heterocycles. The first kappa shape index (κ1) is 21.4. The molecule has 1 aliphatic carbocycles. The fraction of sp³-hybridized carbons (Fsp3) is 0.696. The lowest BCUT2D eigenvalue weighted by molar-refractivity contribution is 0.0598. The number of benzene rings is 1. The van der Waals surface area contributed by atoms with Gasteiger partial charge >= 0.3 is 0 Å². The van der Waals surface area contributed by atoms with Gasteiger partial charge in [-0.25, -0.2) is 9.07 Å². The Morgan fingerprint density at radius 1 is 1.07 bits per heavy atom. The minimum atomic E-state index is -0.277. The van der Waals surface area contributed by atoms with Gasteiger partial charge in [0.25, 0.3) is 0 Å². The van der Waals surface area contributed by atoms with Gasteiger partial charge in [-0.15, -0.1) is 5.10 Å². The average molecular weight is 415 g/mol. The SMILES string of the molecule is CCC(C)(C)n1nnnc1C(c1ccccc1F)N1CCN(C2CCCCC2)CC1. The second-order valence-electron chi connectivity index (χ2n) is 9.40. The number of tetrazole rings is 1. The third kappa shape index (κ3) is 4.28. The van der Waals surface area contributed by atoms with Gasteiger partial charge in [0.2, 0.25) is 0 Å². The van der Waals surface area contributed by atoms with Crippen molar-refractivity contribution in [1.29, 1.82) is 0 Å². The lowest BCUT2D eigenvalue weighted by Crippen LogP contribution is -2.52. The summed E-state index contributed by atoms with van der Waals surface area (Å²) in [5.74, 6) is 0.541. The summed E-state index contributed by atoms with van der Waals surface area (Å²) < 4.78 is 16.8. The summed E-state index contributed by atoms with van der Waals surface area (Å²) in [6.45, 7) is 10.2. The zero-order chi connectivity index (χ0) is 21.1. The fourth-order valence-corrected chi connectivity index (χ4v) is 4.95. The van der Waals surface area contributed by atoms with Crippen molar-refractivity contribution in [3.05, 3.63) is 41.5 Å². The average Bonchev–Trinajstić information content (AvgIpc) is 3.27. The summed E-state index contributed by atoms with van der Waals surface area (Å²) in [6.07, 6.45) is 7.61. The first-order chi connectivity index (χ1) is 14.5. The Kier molecular flexibility index (Phi) is 6.48. The molecule has 164 valence electrons. The Bertz CT molecular complexity index is 821. The Hall–Kier alpha value is -1.86. The zero-order valence-electron chi connectivity index (χ0n) is 18.6. The number of nitrogens with zero attached hydrogens (tertiary/aromatic N) is 6. The third-order valence-corrected chi connectivity index (χ3v) is 7.18. The van der Waals surface area contributed by atoms with Gasteiger partial charge in [-0.3, -0.25) is 9.80 Å². The summed E-state index contributed by atoms with van der Waals surface area (Å²) in [4.78, 5) is 5.01. The van der Waals surface area contributed by atoms with E-state index in [1.807, 2.05) is 16.8 Å². The van der Waals surface area contributed by atoms with Crippen LogP contribution in [0.25, 0.3) is 0 Å². The van der Waals surface area contributed by atoms with Gasteiger partial charge in [-0.05, 0) is 49.6 Å². The van der Waals surface area contributed by atoms with Gasteiger partial charge in [0.05, 0.1) is 5.54 Å². The Morgan fingerprint density at radius 2 is 1.77 bits per heavy atom. The van der Waals surface area contributed by atoms with E-state index in [4.69, 9.17) is 0 Å². The van der Waals surface area contributed by atoms with Gasteiger partial charge in [0.15, 0.2) is 5.82 Å². The molecule has 7 heteroatoms. The molecule has 2 heterocycles. The Morgan fingerprint density at radius 3 is 2.43 bits per heavy atom. The van der Waals surface area contributed by atoms with Crippen molar-refractivity contribution in [2.24, 2.45) is 0 Å². The molecule has 1 aliphatic heterocycles. The van der Waals surface area contributed by atoms with Gasteiger partial charge in [0.1, 0.15) is 11.9 Å². The standard InChI is InChI=1S/C23H35FN6/c1-4-23(2,3)30-22(25-26-27-30)21(19-12-8-9-13-20(19)24)29-16-14-28(15-17-29)18-10-6-5-7-11-18/h8-9,12-13,18,21H,4-7,10-11,14-17H2,1-3H3. The van der Waals surface area contributed by atoms with Crippen LogP contribution in [0.3, 0.4) is 0 Å². The van der Waals surface area contributed by atoms with Crippen LogP contribution in [0, 0.1) is 5.82 Å². The Labute approximate surface area is 179 Å². The molecule has 0 bridgehead atoms. The molecule has 1 atom stereocenters. The molecule has 1 saturated carbocycles. The van der Waals surface area contributed by atoms with E-state index in [9.17, 15) is 4.39 Å². The van der Waals surface area contributed by atoms with Gasteiger partial charge < -0.3 is 0 Å². The maximum absolute atomic E-state index is 14.9. The summed E-state index contributed by atoms with van der Waals surface area (Å²) >= 11 is 0. The van der Waals surface area contributed by atoms with Crippen molar-refractivity contribution in [2.75, 3.05) is 26.2 Å². The minimum absolute atomic E-state index is 0.193. The molecule has 0 spiro atoms. The second-order valence-corrected chi connectivity index (χ2v) is 9.40. The van der Waals surface area contributed by atoms with Crippen LogP contribution in [0.15, 0.2) is 24.3 Å². The van der Waals surface area contributed by atoms with Gasteiger partial charge in [-0.2, -0.15) is 0 Å². The molecule has 0 radical (unpaired) electrons. The normalized spacial score (nSPS) is 21.1. The molecular formula is C23H35FN6. The molecular weight excluding hydrogens is 379 g/mol. The molecule has 1 aromatic carbocycles. The highest BCUT2D eigenvalue weighted by Crippen LogP contribution is 2.33. The van der Waals surface area contributed by atoms with E-state index < -0.39 is 0 Å². The van der Waals surface area contributed by atoms with Crippen LogP contribution in [-0.2, 0) is 5.54 Å². The lowest BCUT2D eigenvalue weighted by Gasteiger charge is -2.43. The van der Waals surface area contributed by atoms with Crippen molar-refractivity contribution in [2.45, 2.75) is 76.9 Å². The number of hydrogen-bond acceptors (Lipinski definition) is 5. The molecule has 0 amide bonds. The van der Waals surface area contributed by atoms with Gasteiger partial charge in [0, 0.05) is 37.8 Å². The van der Waals surface area contributed by atoms with E-state index in [1.165, 1.54) is 32.1 Å². The summed E-state index contributed by atoms with van der Waals surface area (Å²) in [5.41, 5.74) is 0.429. The molecule has 1 aromatic heterocycles. The third-order valence-electron chi connectivity index (χ3n) is 7.18. The van der Waals surface area contributed by atoms with Crippen molar-refractivity contribution in [1.82, 2.24) is 30.0 Å². The molecule has 2 fully saturated rings. The molecule has 2 aromatic rings. The van der Waals surface area contributed by atoms with E-state index in [0.717, 1.165) is 44.5 Å². The van der Waals surface area contributed by atoms with Crippen LogP contribution in [-0.4, -0.2) is 62.2 Å². The number of aromatic nitrogens is 4. The van der Waals surface area contributed by atoms with Crippen LogP contribution < -0.4 is 0 Å². The Balaban J connectivity index is 1.62. The van der Waals surface area contributed by atoms with Gasteiger partial charge in [-0.1, -0.05) is 44.4 Å².